The number of thioether (sulfide) groups is 1. The van der Waals surface area contributed by atoms with Crippen LogP contribution in [0.3, 0.4) is 0 Å². The number of aromatic nitrogens is 4. The van der Waals surface area contributed by atoms with Crippen LogP contribution in [-0.4, -0.2) is 104 Å². The van der Waals surface area contributed by atoms with E-state index in [1.807, 2.05) is 27.0 Å². The molecule has 234 valence electrons. The number of carbonyl (C=O) groups is 2. The highest BCUT2D eigenvalue weighted by Gasteiger charge is 2.64. The molecule has 6 rings (SSSR count). The topological polar surface area (TPSA) is 150 Å². The number of ether oxygens (including phenoxy) is 4. The zero-order valence-electron chi connectivity index (χ0n) is 25.2. The van der Waals surface area contributed by atoms with Crippen molar-refractivity contribution in [3.05, 3.63) is 12.0 Å². The number of oxime groups is 1. The maximum Gasteiger partial charge on any atom is 0.410 e. The molecule has 43 heavy (non-hydrogen) atoms. The van der Waals surface area contributed by atoms with Crippen molar-refractivity contribution in [2.45, 2.75) is 88.3 Å². The monoisotopic (exact) mass is 616 g/mol. The van der Waals surface area contributed by atoms with Crippen LogP contribution in [0.5, 0.6) is 0 Å². The summed E-state index contributed by atoms with van der Waals surface area (Å²) < 4.78 is 25.7. The fourth-order valence-electron chi connectivity index (χ4n) is 7.01. The van der Waals surface area contributed by atoms with Crippen LogP contribution in [0.25, 0.3) is 11.0 Å². The number of likely N-dealkylation sites (tertiary alicyclic amines) is 1. The Balaban J connectivity index is 1.32. The fourth-order valence-corrected chi connectivity index (χ4v) is 7.55. The number of amides is 1. The highest BCUT2D eigenvalue weighted by Crippen LogP contribution is 2.53. The van der Waals surface area contributed by atoms with E-state index >= 15 is 0 Å². The minimum absolute atomic E-state index is 0.0399. The Labute approximate surface area is 254 Å². The Morgan fingerprint density at radius 1 is 1.21 bits per heavy atom. The Morgan fingerprint density at radius 3 is 2.70 bits per heavy atom. The smallest absolute Gasteiger partial charge is 0.410 e. The van der Waals surface area contributed by atoms with Crippen LogP contribution in [0.4, 0.5) is 4.79 Å². The van der Waals surface area contributed by atoms with Gasteiger partial charge in [-0.1, -0.05) is 11.6 Å². The summed E-state index contributed by atoms with van der Waals surface area (Å²) in [6.45, 7) is 7.66. The summed E-state index contributed by atoms with van der Waals surface area (Å²) in [5, 5.41) is 19.9. The third-order valence-electron chi connectivity index (χ3n) is 8.97. The summed E-state index contributed by atoms with van der Waals surface area (Å²) in [5.74, 6) is -1.93. The SMILES string of the molecule is CSc1nc(/C(=N\O)C2COCC3(CCCCC34OCCO4)C2=O)nc2c1cnn2CC1CCCN1C(=O)OC(C)(C)C. The molecule has 0 aromatic carbocycles. The molecule has 3 saturated heterocycles. The molecule has 1 saturated carbocycles. The average molecular weight is 617 g/mol. The summed E-state index contributed by atoms with van der Waals surface area (Å²) in [5.41, 5.74) is -1.02. The third-order valence-corrected chi connectivity index (χ3v) is 9.67. The first-order valence-corrected chi connectivity index (χ1v) is 16.2. The molecule has 0 radical (unpaired) electrons. The lowest BCUT2D eigenvalue weighted by Crippen LogP contribution is -2.63. The van der Waals surface area contributed by atoms with Crippen molar-refractivity contribution in [1.29, 1.82) is 0 Å². The zero-order valence-corrected chi connectivity index (χ0v) is 26.0. The minimum atomic E-state index is -1.03. The molecule has 3 aliphatic heterocycles. The van der Waals surface area contributed by atoms with Crippen molar-refractivity contribution < 1.29 is 33.7 Å². The van der Waals surface area contributed by atoms with Crippen LogP contribution in [0.15, 0.2) is 16.4 Å². The van der Waals surface area contributed by atoms with Crippen molar-refractivity contribution in [1.82, 2.24) is 24.6 Å². The van der Waals surface area contributed by atoms with Gasteiger partial charge in [-0.25, -0.2) is 19.4 Å². The van der Waals surface area contributed by atoms with E-state index in [2.05, 4.69) is 10.3 Å². The molecule has 1 amide bonds. The molecule has 13 nitrogen and oxygen atoms in total. The number of carbonyl (C=O) groups excluding carboxylic acids is 2. The third kappa shape index (κ3) is 5.29. The van der Waals surface area contributed by atoms with Gasteiger partial charge in [-0.05, 0) is 52.7 Å². The van der Waals surface area contributed by atoms with Gasteiger partial charge in [0.05, 0.1) is 56.5 Å². The molecule has 5 heterocycles. The summed E-state index contributed by atoms with van der Waals surface area (Å²) >= 11 is 1.41. The highest BCUT2D eigenvalue weighted by molar-refractivity contribution is 7.98. The van der Waals surface area contributed by atoms with Gasteiger partial charge in [0.15, 0.2) is 23.0 Å². The van der Waals surface area contributed by atoms with Crippen molar-refractivity contribution in [3.8, 4) is 0 Å². The Morgan fingerprint density at radius 2 is 1.98 bits per heavy atom. The molecule has 1 N–H and O–H groups in total. The summed E-state index contributed by atoms with van der Waals surface area (Å²) in [7, 11) is 0. The second kappa shape index (κ2) is 11.6. The van der Waals surface area contributed by atoms with Gasteiger partial charge in [0.1, 0.15) is 21.8 Å². The molecule has 3 atom stereocenters. The highest BCUT2D eigenvalue weighted by atomic mass is 32.2. The number of hydrogen-bond acceptors (Lipinski definition) is 12. The largest absolute Gasteiger partial charge is 0.444 e. The van der Waals surface area contributed by atoms with Gasteiger partial charge in [-0.2, -0.15) is 5.10 Å². The first kappa shape index (κ1) is 30.2. The van der Waals surface area contributed by atoms with E-state index in [9.17, 15) is 14.8 Å². The Bertz CT molecular complexity index is 1410. The van der Waals surface area contributed by atoms with Gasteiger partial charge in [0.25, 0.3) is 0 Å². The lowest BCUT2D eigenvalue weighted by molar-refractivity contribution is -0.268. The molecule has 3 unspecified atom stereocenters. The van der Waals surface area contributed by atoms with E-state index in [0.29, 0.717) is 49.8 Å². The quantitative estimate of drug-likeness (QED) is 0.172. The second-order valence-electron chi connectivity index (χ2n) is 12.7. The van der Waals surface area contributed by atoms with Crippen molar-refractivity contribution in [2.24, 2.45) is 16.5 Å². The van der Waals surface area contributed by atoms with Gasteiger partial charge in [0, 0.05) is 13.0 Å². The molecule has 4 fully saturated rings. The van der Waals surface area contributed by atoms with E-state index in [-0.39, 0.29) is 42.7 Å². The van der Waals surface area contributed by atoms with Crippen LogP contribution in [0.1, 0.15) is 65.1 Å². The summed E-state index contributed by atoms with van der Waals surface area (Å²) in [4.78, 5) is 38.5. The number of nitrogens with zero attached hydrogens (tertiary/aromatic N) is 6. The number of fused-ring (bicyclic) bond motifs is 2. The molecule has 2 aromatic rings. The van der Waals surface area contributed by atoms with Gasteiger partial charge >= 0.3 is 6.09 Å². The minimum Gasteiger partial charge on any atom is -0.444 e. The normalized spacial score (nSPS) is 28.0. The predicted octanol–water partition coefficient (Wildman–Crippen LogP) is 3.65. The first-order chi connectivity index (χ1) is 20.6. The van der Waals surface area contributed by atoms with Gasteiger partial charge in [-0.15, -0.1) is 11.8 Å². The lowest BCUT2D eigenvalue weighted by Gasteiger charge is -2.51. The Kier molecular flexibility index (Phi) is 8.16. The van der Waals surface area contributed by atoms with Crippen LogP contribution < -0.4 is 0 Å². The number of hydrogen-bond donors (Lipinski definition) is 1. The number of ketones is 1. The second-order valence-corrected chi connectivity index (χ2v) is 13.5. The standard InChI is InChI=1S/C29H40N6O7S/c1-27(2,3)42-26(37)34-11-7-8-18(34)15-35-24-19(14-30-35)25(43-4)32-23(31-24)21(33-38)20-16-39-17-28(22(20)36)9-5-6-10-29(28)40-12-13-41-29/h14,18,20,38H,5-13,15-17H2,1-4H3/b33-21-. The molecular weight excluding hydrogens is 576 g/mol. The first-order valence-electron chi connectivity index (χ1n) is 15.0. The van der Waals surface area contributed by atoms with E-state index in [4.69, 9.17) is 28.9 Å². The van der Waals surface area contributed by atoms with E-state index < -0.39 is 22.7 Å². The molecule has 2 aromatic heterocycles. The molecular formula is C29H40N6O7S. The van der Waals surface area contributed by atoms with Crippen LogP contribution in [0, 0.1) is 11.3 Å². The molecule has 4 aliphatic rings. The van der Waals surface area contributed by atoms with Crippen LogP contribution in [-0.2, 0) is 30.3 Å². The maximum atomic E-state index is 14.3. The summed E-state index contributed by atoms with van der Waals surface area (Å²) in [6.07, 6.45) is 7.85. The molecule has 14 heteroatoms. The lowest BCUT2D eigenvalue weighted by atomic mass is 9.62. The van der Waals surface area contributed by atoms with Crippen molar-refractivity contribution in [2.75, 3.05) is 39.2 Å². The van der Waals surface area contributed by atoms with Crippen molar-refractivity contribution in [3.63, 3.8) is 0 Å². The van der Waals surface area contributed by atoms with Crippen LogP contribution >= 0.6 is 11.8 Å². The maximum absolute atomic E-state index is 14.3. The van der Waals surface area contributed by atoms with E-state index in [0.717, 1.165) is 31.1 Å². The Hall–Kier alpha value is -2.81. The van der Waals surface area contributed by atoms with Gasteiger partial charge in [-0.3, -0.25) is 4.79 Å². The zero-order chi connectivity index (χ0) is 30.4. The molecule has 2 spiro atoms. The number of rotatable bonds is 5. The average Bonchev–Trinajstić information content (AvgIpc) is 3.73. The predicted molar refractivity (Wildman–Crippen MR) is 156 cm³/mol. The van der Waals surface area contributed by atoms with Gasteiger partial charge in [0.2, 0.25) is 0 Å². The van der Waals surface area contributed by atoms with E-state index in [1.54, 1.807) is 15.8 Å². The summed E-state index contributed by atoms with van der Waals surface area (Å²) in [6, 6.07) is -0.123. The van der Waals surface area contributed by atoms with Crippen molar-refractivity contribution >= 4 is 40.4 Å². The van der Waals surface area contributed by atoms with Crippen LogP contribution in [0.2, 0.25) is 0 Å². The molecule has 1 aliphatic carbocycles. The number of Topliss-reactive ketones (excluding diaryl/α,β-unsaturated/α-hetero) is 1. The fraction of sp³-hybridized carbons (Fsp3) is 0.724. The van der Waals surface area contributed by atoms with Gasteiger partial charge < -0.3 is 29.1 Å². The molecule has 0 bridgehead atoms. The van der Waals surface area contributed by atoms with E-state index in [1.165, 1.54) is 11.8 Å².